The number of hydrogen-bond acceptors (Lipinski definition) is 5. The summed E-state index contributed by atoms with van der Waals surface area (Å²) < 4.78 is 31.1. The minimum Gasteiger partial charge on any atom is -1.00 e. The monoisotopic (exact) mass is 311 g/mol. The molecule has 1 heterocycles. The average molecular weight is 312 g/mol. The first-order valence-corrected chi connectivity index (χ1v) is 7.41. The van der Waals surface area contributed by atoms with Crippen molar-refractivity contribution in [3.63, 3.8) is 0 Å². The summed E-state index contributed by atoms with van der Waals surface area (Å²) in [6.07, 6.45) is 5.59. The Bertz CT molecular complexity index is 527. The summed E-state index contributed by atoms with van der Waals surface area (Å²) in [6, 6.07) is 0. The highest BCUT2D eigenvalue weighted by molar-refractivity contribution is 7.90. The van der Waals surface area contributed by atoms with Gasteiger partial charge in [-0.05, 0) is 6.92 Å². The van der Waals surface area contributed by atoms with Crippen LogP contribution in [0.25, 0.3) is 0 Å². The van der Waals surface area contributed by atoms with Crippen molar-refractivity contribution in [2.75, 3.05) is 12.0 Å². The van der Waals surface area contributed by atoms with E-state index in [1.54, 1.807) is 35.5 Å². The lowest BCUT2D eigenvalue weighted by Crippen LogP contribution is -3.00. The van der Waals surface area contributed by atoms with Gasteiger partial charge in [-0.1, -0.05) is 5.16 Å². The second-order valence-electron chi connectivity index (χ2n) is 4.18. The molecule has 1 aromatic rings. The van der Waals surface area contributed by atoms with Gasteiger partial charge in [0.15, 0.2) is 12.9 Å². The molecule has 0 amide bonds. The van der Waals surface area contributed by atoms with Crippen LogP contribution in [0.4, 0.5) is 0 Å². The van der Waals surface area contributed by atoms with Crippen LogP contribution >= 0.6 is 0 Å². The zero-order valence-electron chi connectivity index (χ0n) is 11.0. The Hall–Kier alpha value is -1.12. The topological polar surface area (TPSA) is 84.8 Å². The summed E-state index contributed by atoms with van der Waals surface area (Å²) in [5, 5.41) is 11.5. The Morgan fingerprint density at radius 2 is 2.26 bits per heavy atom. The normalized spacial score (nSPS) is 13.4. The number of hydrogen-bond donors (Lipinski definition) is 1. The molecule has 0 aliphatic heterocycles. The number of aromatic nitrogens is 2. The Labute approximate surface area is 118 Å². The number of imidazole rings is 1. The molecule has 0 bridgehead atoms. The number of nitrogens with zero attached hydrogens (tertiary/aromatic N) is 3. The Morgan fingerprint density at radius 1 is 1.63 bits per heavy atom. The van der Waals surface area contributed by atoms with E-state index in [0.717, 1.165) is 0 Å². The van der Waals surface area contributed by atoms with Crippen LogP contribution in [0.1, 0.15) is 12.7 Å². The second kappa shape index (κ2) is 7.46. The van der Waals surface area contributed by atoms with E-state index in [9.17, 15) is 8.42 Å². The molecule has 1 N–H and O–H groups in total. The molecular weight excluding hydrogens is 294 g/mol. The van der Waals surface area contributed by atoms with Crippen LogP contribution in [0.15, 0.2) is 17.5 Å². The molecule has 0 saturated carbocycles. The molecule has 1 atom stereocenters. The molecule has 0 radical (unpaired) electrons. The number of aryl methyl sites for hydroxylation is 1. The van der Waals surface area contributed by atoms with Crippen molar-refractivity contribution in [1.82, 2.24) is 4.57 Å². The predicted octanol–water partition coefficient (Wildman–Crippen LogP) is -3.47. The number of rotatable bonds is 6. The molecule has 0 fully saturated rings. The van der Waals surface area contributed by atoms with Crippen LogP contribution in [0, 0.1) is 0 Å². The van der Waals surface area contributed by atoms with Crippen molar-refractivity contribution in [3.8, 4) is 0 Å². The summed E-state index contributed by atoms with van der Waals surface area (Å²) in [5.41, 5.74) is 0. The third kappa shape index (κ3) is 6.04. The predicted molar refractivity (Wildman–Crippen MR) is 65.2 cm³/mol. The fraction of sp³-hybridized carbons (Fsp3) is 0.600. The molecule has 0 saturated heterocycles. The largest absolute Gasteiger partial charge is 1.00 e. The van der Waals surface area contributed by atoms with Crippen LogP contribution in [-0.2, 0) is 28.4 Å². The van der Waals surface area contributed by atoms with Gasteiger partial charge in [-0.25, -0.2) is 17.6 Å². The fourth-order valence-corrected chi connectivity index (χ4v) is 2.49. The molecule has 110 valence electrons. The van der Waals surface area contributed by atoms with Gasteiger partial charge in [-0.3, -0.25) is 0 Å². The minimum absolute atomic E-state index is 0. The first kappa shape index (κ1) is 17.9. The van der Waals surface area contributed by atoms with Gasteiger partial charge in [0.25, 0.3) is 0 Å². The summed E-state index contributed by atoms with van der Waals surface area (Å²) in [4.78, 5) is 0. The van der Waals surface area contributed by atoms with E-state index in [0.29, 0.717) is 5.82 Å². The Morgan fingerprint density at radius 3 is 2.79 bits per heavy atom. The van der Waals surface area contributed by atoms with Crippen LogP contribution in [0.2, 0.25) is 0 Å². The van der Waals surface area contributed by atoms with Gasteiger partial charge in [-0.2, -0.15) is 0 Å². The molecule has 0 aliphatic rings. The van der Waals surface area contributed by atoms with Gasteiger partial charge in [0.1, 0.15) is 22.2 Å². The molecule has 1 aromatic heterocycles. The average Bonchev–Trinajstić information content (AvgIpc) is 2.56. The number of halogens is 1. The standard InChI is InChI=1S/C10H17N3O4S.ClH/c1-9(7-18(3,15)16)17-8-13-5-4-12(2)10(13)6-11-14;/h4-6,9H,7-8H2,1-3H3;1H. The van der Waals surface area contributed by atoms with Crippen molar-refractivity contribution in [2.45, 2.75) is 19.8 Å². The van der Waals surface area contributed by atoms with Gasteiger partial charge in [0.2, 0.25) is 0 Å². The second-order valence-corrected chi connectivity index (χ2v) is 6.37. The van der Waals surface area contributed by atoms with E-state index in [2.05, 4.69) is 5.16 Å². The van der Waals surface area contributed by atoms with Gasteiger partial charge >= 0.3 is 5.82 Å². The van der Waals surface area contributed by atoms with E-state index in [4.69, 9.17) is 9.94 Å². The van der Waals surface area contributed by atoms with Gasteiger partial charge in [-0.15, -0.1) is 0 Å². The van der Waals surface area contributed by atoms with E-state index < -0.39 is 15.9 Å². The van der Waals surface area contributed by atoms with E-state index in [1.807, 2.05) is 0 Å². The van der Waals surface area contributed by atoms with Gasteiger partial charge < -0.3 is 22.4 Å². The lowest BCUT2D eigenvalue weighted by Gasteiger charge is -2.10. The van der Waals surface area contributed by atoms with Crippen molar-refractivity contribution in [1.29, 1.82) is 0 Å². The summed E-state index contributed by atoms with van der Waals surface area (Å²) in [7, 11) is -1.25. The zero-order chi connectivity index (χ0) is 13.8. The molecule has 19 heavy (non-hydrogen) atoms. The maximum Gasteiger partial charge on any atom is 0.305 e. The lowest BCUT2D eigenvalue weighted by atomic mass is 10.5. The SMILES string of the molecule is CC(CS(C)(=O)=O)OCn1cc[n+](C)c1/C=N/O.[Cl-]. The smallest absolute Gasteiger partial charge is 0.305 e. The van der Waals surface area contributed by atoms with Gasteiger partial charge in [0.05, 0.1) is 18.9 Å². The highest BCUT2D eigenvalue weighted by Crippen LogP contribution is 2.00. The van der Waals surface area contributed by atoms with Crippen molar-refractivity contribution in [2.24, 2.45) is 12.2 Å². The molecule has 0 aromatic carbocycles. The molecular formula is C10H18ClN3O4S. The summed E-state index contributed by atoms with van der Waals surface area (Å²) in [5.74, 6) is 0.619. The quantitative estimate of drug-likeness (QED) is 0.256. The number of ether oxygens (including phenoxy) is 1. The third-order valence-corrected chi connectivity index (χ3v) is 3.41. The van der Waals surface area contributed by atoms with E-state index in [-0.39, 0.29) is 24.9 Å². The first-order chi connectivity index (χ1) is 8.33. The van der Waals surface area contributed by atoms with Crippen LogP contribution < -0.4 is 17.0 Å². The van der Waals surface area contributed by atoms with Crippen molar-refractivity contribution in [3.05, 3.63) is 18.2 Å². The fourth-order valence-electron chi connectivity index (χ4n) is 1.54. The minimum atomic E-state index is -3.05. The summed E-state index contributed by atoms with van der Waals surface area (Å²) in [6.45, 7) is 1.89. The summed E-state index contributed by atoms with van der Waals surface area (Å²) >= 11 is 0. The third-order valence-electron chi connectivity index (χ3n) is 2.33. The zero-order valence-corrected chi connectivity index (χ0v) is 12.6. The van der Waals surface area contributed by atoms with Crippen LogP contribution in [0.3, 0.4) is 0 Å². The molecule has 1 rings (SSSR count). The van der Waals surface area contributed by atoms with Crippen LogP contribution in [-0.4, -0.2) is 42.5 Å². The molecule has 7 nitrogen and oxygen atoms in total. The van der Waals surface area contributed by atoms with Crippen molar-refractivity contribution >= 4 is 16.1 Å². The Balaban J connectivity index is 0.00000324. The van der Waals surface area contributed by atoms with Gasteiger partial charge in [0, 0.05) is 6.26 Å². The first-order valence-electron chi connectivity index (χ1n) is 5.35. The van der Waals surface area contributed by atoms with Crippen LogP contribution in [0.5, 0.6) is 0 Å². The van der Waals surface area contributed by atoms with E-state index in [1.165, 1.54) is 12.5 Å². The molecule has 0 spiro atoms. The molecule has 9 heteroatoms. The number of sulfone groups is 1. The van der Waals surface area contributed by atoms with E-state index >= 15 is 0 Å². The maximum atomic E-state index is 11.1. The lowest BCUT2D eigenvalue weighted by molar-refractivity contribution is -0.672. The molecule has 1 unspecified atom stereocenters. The highest BCUT2D eigenvalue weighted by atomic mass is 35.5. The highest BCUT2D eigenvalue weighted by Gasteiger charge is 2.16. The number of oxime groups is 1. The van der Waals surface area contributed by atoms with Crippen molar-refractivity contribution < 1.29 is 35.3 Å². The Kier molecular flexibility index (Phi) is 7.02. The molecule has 0 aliphatic carbocycles. The maximum absolute atomic E-state index is 11.1.